The normalized spacial score (nSPS) is 11.9. The first-order chi connectivity index (χ1) is 19.2. The number of para-hydroxylation sites is 1. The van der Waals surface area contributed by atoms with Crippen LogP contribution in [0.1, 0.15) is 17.0 Å². The first-order valence-corrected chi connectivity index (χ1v) is 13.1. The zero-order chi connectivity index (χ0) is 26.6. The van der Waals surface area contributed by atoms with Crippen molar-refractivity contribution in [2.45, 2.75) is 0 Å². The van der Waals surface area contributed by atoms with Gasteiger partial charge in [-0.1, -0.05) is 90.7 Å². The highest BCUT2D eigenvalue weighted by molar-refractivity contribution is 7.15. The van der Waals surface area contributed by atoms with Crippen molar-refractivity contribution in [2.24, 2.45) is 0 Å². The molecule has 3 aromatic carbocycles. The number of nitrogens with zero attached hydrogens (tertiary/aromatic N) is 5. The molecule has 0 unspecified atom stereocenters. The quantitative estimate of drug-likeness (QED) is 0.251. The summed E-state index contributed by atoms with van der Waals surface area (Å²) in [5.74, 6) is 1.20. The van der Waals surface area contributed by atoms with Gasteiger partial charge in [-0.05, 0) is 42.0 Å². The summed E-state index contributed by atoms with van der Waals surface area (Å²) in [6.07, 6.45) is 9.21. The third-order valence-electron chi connectivity index (χ3n) is 5.95. The van der Waals surface area contributed by atoms with E-state index in [-0.39, 0.29) is 5.56 Å². The number of ether oxygens (including phenoxy) is 1. The van der Waals surface area contributed by atoms with Gasteiger partial charge in [0.05, 0.1) is 10.2 Å². The van der Waals surface area contributed by atoms with Crippen LogP contribution in [-0.2, 0) is 0 Å². The molecule has 3 aromatic heterocycles. The molecule has 0 atom stereocenters. The van der Waals surface area contributed by atoms with Crippen molar-refractivity contribution in [1.29, 1.82) is 0 Å². The summed E-state index contributed by atoms with van der Waals surface area (Å²) in [6.45, 7) is 4.12. The van der Waals surface area contributed by atoms with Crippen LogP contribution in [0, 0.1) is 0 Å². The van der Waals surface area contributed by atoms with Gasteiger partial charge in [-0.3, -0.25) is 4.79 Å². The Morgan fingerprint density at radius 3 is 2.49 bits per heavy atom. The van der Waals surface area contributed by atoms with E-state index >= 15 is 0 Å². The van der Waals surface area contributed by atoms with Crippen LogP contribution in [0.25, 0.3) is 40.1 Å². The van der Waals surface area contributed by atoms with Crippen molar-refractivity contribution in [2.75, 3.05) is 6.61 Å². The Morgan fingerprint density at radius 2 is 1.72 bits per heavy atom. The van der Waals surface area contributed by atoms with Crippen LogP contribution in [-0.4, -0.2) is 31.0 Å². The predicted octanol–water partition coefficient (Wildman–Crippen LogP) is 5.29. The maximum absolute atomic E-state index is 13.3. The lowest BCUT2D eigenvalue weighted by Crippen LogP contribution is -2.23. The van der Waals surface area contributed by atoms with E-state index in [2.05, 4.69) is 16.7 Å². The Bertz CT molecular complexity index is 1900. The SMILES string of the molecule is C=CCOc1cccc(-c2nn(-c3ccccc3)cc2/C=c2\sc3nc(/C=C/c4ccccc4)nn3c2=O)c1. The van der Waals surface area contributed by atoms with Crippen molar-refractivity contribution >= 4 is 34.5 Å². The lowest BCUT2D eigenvalue weighted by Gasteiger charge is -2.05. The molecule has 6 aromatic rings. The largest absolute Gasteiger partial charge is 0.490 e. The third-order valence-corrected chi connectivity index (χ3v) is 6.91. The molecule has 0 saturated heterocycles. The predicted molar refractivity (Wildman–Crippen MR) is 156 cm³/mol. The highest BCUT2D eigenvalue weighted by atomic mass is 32.1. The molecular formula is C31H23N5O2S. The molecule has 0 spiro atoms. The van der Waals surface area contributed by atoms with E-state index in [1.54, 1.807) is 12.2 Å². The molecule has 8 heteroatoms. The molecule has 0 aliphatic rings. The molecule has 3 heterocycles. The monoisotopic (exact) mass is 529 g/mol. The van der Waals surface area contributed by atoms with Gasteiger partial charge < -0.3 is 4.74 Å². The highest BCUT2D eigenvalue weighted by Crippen LogP contribution is 2.27. The average Bonchev–Trinajstić information content (AvgIpc) is 3.67. The van der Waals surface area contributed by atoms with Crippen molar-refractivity contribution < 1.29 is 4.74 Å². The molecule has 39 heavy (non-hydrogen) atoms. The third kappa shape index (κ3) is 5.18. The summed E-state index contributed by atoms with van der Waals surface area (Å²) in [4.78, 5) is 18.4. The number of aromatic nitrogens is 5. The molecule has 0 fully saturated rings. The number of hydrogen-bond donors (Lipinski definition) is 0. The second-order valence-electron chi connectivity index (χ2n) is 8.66. The molecule has 190 valence electrons. The van der Waals surface area contributed by atoms with Crippen LogP contribution in [0.15, 0.2) is 109 Å². The van der Waals surface area contributed by atoms with Gasteiger partial charge in [0.25, 0.3) is 5.56 Å². The summed E-state index contributed by atoms with van der Waals surface area (Å²) in [5, 5.41) is 9.29. The van der Waals surface area contributed by atoms with Gasteiger partial charge in [0.1, 0.15) is 18.1 Å². The Balaban J connectivity index is 1.41. The summed E-state index contributed by atoms with van der Waals surface area (Å²) in [5.41, 5.74) is 4.13. The molecule has 0 aliphatic carbocycles. The lowest BCUT2D eigenvalue weighted by molar-refractivity contribution is 0.363. The van der Waals surface area contributed by atoms with Crippen LogP contribution in [0.5, 0.6) is 5.75 Å². The Labute approximate surface area is 228 Å². The summed E-state index contributed by atoms with van der Waals surface area (Å²) in [6, 6.07) is 27.5. The van der Waals surface area contributed by atoms with Gasteiger partial charge in [-0.2, -0.15) is 14.6 Å². The number of rotatable bonds is 8. The number of fused-ring (bicyclic) bond motifs is 1. The first kappa shape index (κ1) is 24.3. The molecule has 0 bridgehead atoms. The number of hydrogen-bond acceptors (Lipinski definition) is 6. The van der Waals surface area contributed by atoms with Gasteiger partial charge >= 0.3 is 0 Å². The minimum Gasteiger partial charge on any atom is -0.490 e. The fourth-order valence-corrected chi connectivity index (χ4v) is 5.02. The Kier molecular flexibility index (Phi) is 6.67. The van der Waals surface area contributed by atoms with Crippen LogP contribution in [0.3, 0.4) is 0 Å². The average molecular weight is 530 g/mol. The van der Waals surface area contributed by atoms with Crippen LogP contribution < -0.4 is 14.8 Å². The summed E-state index contributed by atoms with van der Waals surface area (Å²) < 4.78 is 9.43. The minimum atomic E-state index is -0.219. The van der Waals surface area contributed by atoms with E-state index in [0.717, 1.165) is 28.1 Å². The second-order valence-corrected chi connectivity index (χ2v) is 9.67. The summed E-state index contributed by atoms with van der Waals surface area (Å²) in [7, 11) is 0. The van der Waals surface area contributed by atoms with E-state index in [1.165, 1.54) is 15.9 Å². The Morgan fingerprint density at radius 1 is 0.923 bits per heavy atom. The standard InChI is InChI=1S/C31H23N5O2S/c1-2-18-38-26-15-9-12-23(19-26)29-24(21-35(34-29)25-13-7-4-8-14-25)20-27-30(37)36-31(39-27)32-28(33-36)17-16-22-10-5-3-6-11-22/h2-17,19-21H,1,18H2/b17-16+,27-20-. The van der Waals surface area contributed by atoms with E-state index in [9.17, 15) is 4.79 Å². The van der Waals surface area contributed by atoms with Crippen molar-refractivity contribution in [1.82, 2.24) is 24.4 Å². The topological polar surface area (TPSA) is 74.3 Å². The second kappa shape index (κ2) is 10.7. The van der Waals surface area contributed by atoms with Crippen molar-refractivity contribution in [3.63, 3.8) is 0 Å². The molecule has 0 amide bonds. The van der Waals surface area contributed by atoms with E-state index in [4.69, 9.17) is 9.84 Å². The molecule has 0 radical (unpaired) electrons. The summed E-state index contributed by atoms with van der Waals surface area (Å²) >= 11 is 1.30. The number of thiazole rings is 1. The molecular weight excluding hydrogens is 506 g/mol. The Hall–Kier alpha value is -5.08. The van der Waals surface area contributed by atoms with Gasteiger partial charge in [-0.25, -0.2) is 4.68 Å². The van der Waals surface area contributed by atoms with Gasteiger partial charge in [0.2, 0.25) is 4.96 Å². The zero-order valence-electron chi connectivity index (χ0n) is 20.8. The van der Waals surface area contributed by atoms with Gasteiger partial charge in [0.15, 0.2) is 5.82 Å². The van der Waals surface area contributed by atoms with Crippen LogP contribution in [0.2, 0.25) is 0 Å². The number of benzene rings is 3. The first-order valence-electron chi connectivity index (χ1n) is 12.3. The van der Waals surface area contributed by atoms with E-state index < -0.39 is 0 Å². The van der Waals surface area contributed by atoms with E-state index in [1.807, 2.05) is 108 Å². The molecule has 0 aliphatic heterocycles. The van der Waals surface area contributed by atoms with Crippen LogP contribution in [0.4, 0.5) is 0 Å². The van der Waals surface area contributed by atoms with Crippen LogP contribution >= 0.6 is 11.3 Å². The lowest BCUT2D eigenvalue weighted by atomic mass is 10.1. The molecule has 0 N–H and O–H groups in total. The smallest absolute Gasteiger partial charge is 0.291 e. The zero-order valence-corrected chi connectivity index (χ0v) is 21.7. The van der Waals surface area contributed by atoms with Gasteiger partial charge in [-0.15, -0.1) is 5.10 Å². The molecule has 0 saturated carbocycles. The highest BCUT2D eigenvalue weighted by Gasteiger charge is 2.14. The van der Waals surface area contributed by atoms with E-state index in [0.29, 0.717) is 27.7 Å². The molecule has 6 rings (SSSR count). The maximum Gasteiger partial charge on any atom is 0.291 e. The maximum atomic E-state index is 13.3. The minimum absolute atomic E-state index is 0.219. The van der Waals surface area contributed by atoms with Crippen molar-refractivity contribution in [3.05, 3.63) is 136 Å². The van der Waals surface area contributed by atoms with Crippen molar-refractivity contribution in [3.8, 4) is 22.7 Å². The fourth-order valence-electron chi connectivity index (χ4n) is 4.11. The molecule has 7 nitrogen and oxygen atoms in total. The van der Waals surface area contributed by atoms with Gasteiger partial charge in [0, 0.05) is 17.3 Å². The fraction of sp³-hybridized carbons (Fsp3) is 0.0323.